The molecule has 0 radical (unpaired) electrons. The molecule has 11 heteroatoms. The van der Waals surface area contributed by atoms with Crippen LogP contribution in [-0.4, -0.2) is 20.6 Å². The number of aryl methyl sites for hydroxylation is 2. The lowest BCUT2D eigenvalue weighted by atomic mass is 9.92. The molecule has 2 aromatic rings. The number of rotatable bonds is 10. The highest BCUT2D eigenvalue weighted by Gasteiger charge is 2.31. The molecule has 1 amide bonds. The Morgan fingerprint density at radius 1 is 1.00 bits per heavy atom. The molecule has 0 saturated carbocycles. The molecule has 0 saturated heterocycles. The van der Waals surface area contributed by atoms with Gasteiger partial charge >= 0.3 is 6.18 Å². The molecule has 0 fully saturated rings. The van der Waals surface area contributed by atoms with Gasteiger partial charge in [0.2, 0.25) is 15.9 Å². The highest BCUT2D eigenvalue weighted by molar-refractivity contribution is 7.92. The van der Waals surface area contributed by atoms with Crippen LogP contribution in [0.25, 0.3) is 6.08 Å². The molecular formula is C25H29F5N2O3S. The van der Waals surface area contributed by atoms with Crippen LogP contribution in [0, 0.1) is 11.6 Å². The molecular weight excluding hydrogens is 503 g/mol. The number of anilines is 1. The lowest BCUT2D eigenvalue weighted by Gasteiger charge is -2.17. The third kappa shape index (κ3) is 8.04. The molecule has 0 aliphatic heterocycles. The average Bonchev–Trinajstić information content (AvgIpc) is 2.74. The van der Waals surface area contributed by atoms with Crippen LogP contribution in [0.3, 0.4) is 0 Å². The lowest BCUT2D eigenvalue weighted by molar-refractivity contribution is -0.137. The van der Waals surface area contributed by atoms with Crippen LogP contribution in [-0.2, 0) is 33.8 Å². The minimum Gasteiger partial charge on any atom is -0.346 e. The smallest absolute Gasteiger partial charge is 0.346 e. The maximum atomic E-state index is 14.3. The van der Waals surface area contributed by atoms with E-state index in [2.05, 4.69) is 5.32 Å². The first kappa shape index (κ1) is 29.3. The summed E-state index contributed by atoms with van der Waals surface area (Å²) in [5.41, 5.74) is -0.00481. The molecule has 0 unspecified atom stereocenters. The first-order valence-electron chi connectivity index (χ1n) is 11.3. The van der Waals surface area contributed by atoms with Crippen LogP contribution in [0.2, 0.25) is 0 Å². The number of carbonyl (C=O) groups is 1. The Labute approximate surface area is 207 Å². The van der Waals surface area contributed by atoms with Gasteiger partial charge in [-0.15, -0.1) is 0 Å². The highest BCUT2D eigenvalue weighted by Crippen LogP contribution is 2.34. The zero-order valence-electron chi connectivity index (χ0n) is 20.4. The Balaban J connectivity index is 2.31. The van der Waals surface area contributed by atoms with Crippen molar-refractivity contribution in [2.24, 2.45) is 0 Å². The average molecular weight is 533 g/mol. The van der Waals surface area contributed by atoms with Gasteiger partial charge in [0.15, 0.2) is 11.6 Å². The SMILES string of the molecule is CCCc1cc(C(F)(F)F)cc(CCC)c1/C=C/C(=O)N[C@H](C)c1cc(F)c(NS(C)(=O)=O)c(F)c1. The zero-order chi connectivity index (χ0) is 27.3. The van der Waals surface area contributed by atoms with Gasteiger partial charge in [-0.25, -0.2) is 17.2 Å². The van der Waals surface area contributed by atoms with Gasteiger partial charge in [0, 0.05) is 6.08 Å². The monoisotopic (exact) mass is 532 g/mol. The Bertz CT molecular complexity index is 1190. The summed E-state index contributed by atoms with van der Waals surface area (Å²) in [5.74, 6) is -2.91. The summed E-state index contributed by atoms with van der Waals surface area (Å²) in [4.78, 5) is 12.5. The van der Waals surface area contributed by atoms with E-state index in [-0.39, 0.29) is 5.56 Å². The van der Waals surface area contributed by atoms with Crippen LogP contribution in [0.1, 0.15) is 67.5 Å². The number of hydrogen-bond acceptors (Lipinski definition) is 3. The summed E-state index contributed by atoms with van der Waals surface area (Å²) >= 11 is 0. The third-order valence-electron chi connectivity index (χ3n) is 5.33. The number of amides is 1. The van der Waals surface area contributed by atoms with E-state index in [1.54, 1.807) is 4.72 Å². The van der Waals surface area contributed by atoms with Crippen LogP contribution in [0.4, 0.5) is 27.6 Å². The summed E-state index contributed by atoms with van der Waals surface area (Å²) in [6.45, 7) is 5.17. The summed E-state index contributed by atoms with van der Waals surface area (Å²) in [5, 5.41) is 2.55. The Morgan fingerprint density at radius 3 is 1.92 bits per heavy atom. The molecule has 0 bridgehead atoms. The van der Waals surface area contributed by atoms with Crippen molar-refractivity contribution < 1.29 is 35.2 Å². The predicted octanol–water partition coefficient (Wildman–Crippen LogP) is 6.15. The van der Waals surface area contributed by atoms with E-state index in [0.29, 0.717) is 42.4 Å². The molecule has 0 aliphatic carbocycles. The normalized spacial score (nSPS) is 13.1. The fraction of sp³-hybridized carbons (Fsp3) is 0.400. The van der Waals surface area contributed by atoms with Crippen molar-refractivity contribution >= 4 is 27.7 Å². The van der Waals surface area contributed by atoms with E-state index in [9.17, 15) is 35.2 Å². The molecule has 0 aromatic heterocycles. The minimum atomic E-state index is -4.49. The van der Waals surface area contributed by atoms with Crippen molar-refractivity contribution in [3.8, 4) is 0 Å². The van der Waals surface area contributed by atoms with Gasteiger partial charge in [-0.1, -0.05) is 26.7 Å². The predicted molar refractivity (Wildman–Crippen MR) is 130 cm³/mol. The van der Waals surface area contributed by atoms with Crippen LogP contribution < -0.4 is 10.0 Å². The van der Waals surface area contributed by atoms with Gasteiger partial charge in [-0.2, -0.15) is 13.2 Å². The summed E-state index contributed by atoms with van der Waals surface area (Å²) in [7, 11) is -3.91. The van der Waals surface area contributed by atoms with E-state index in [1.165, 1.54) is 19.1 Å². The van der Waals surface area contributed by atoms with Crippen molar-refractivity contribution in [2.75, 3.05) is 11.0 Å². The number of benzene rings is 2. The second kappa shape index (κ2) is 11.9. The Kier molecular flexibility index (Phi) is 9.64. The van der Waals surface area contributed by atoms with E-state index in [1.807, 2.05) is 13.8 Å². The van der Waals surface area contributed by atoms with Crippen LogP contribution in [0.15, 0.2) is 30.3 Å². The van der Waals surface area contributed by atoms with Gasteiger partial charge in [0.1, 0.15) is 5.69 Å². The fourth-order valence-electron chi connectivity index (χ4n) is 3.74. The second-order valence-corrected chi connectivity index (χ2v) is 10.3. The molecule has 2 N–H and O–H groups in total. The standard InChI is InChI=1S/C25H29F5N2O3S/c1-5-7-16-11-19(25(28,29)30)12-17(8-6-2)20(16)9-10-23(33)31-15(3)18-13-21(26)24(22(27)14-18)32-36(4,34)35/h9-15,32H,5-8H2,1-4H3,(H,31,33)/b10-9+/t15-/m1/s1. The summed E-state index contributed by atoms with van der Waals surface area (Å²) in [6.07, 6.45) is 0.897. The molecule has 5 nitrogen and oxygen atoms in total. The van der Waals surface area contributed by atoms with Gasteiger partial charge in [-0.05, 0) is 72.4 Å². The molecule has 1 atom stereocenters. The number of carbonyl (C=O) groups excluding carboxylic acids is 1. The molecule has 0 spiro atoms. The molecule has 0 aliphatic rings. The quantitative estimate of drug-likeness (QED) is 0.285. The Hall–Kier alpha value is -2.95. The molecule has 36 heavy (non-hydrogen) atoms. The Morgan fingerprint density at radius 2 is 1.50 bits per heavy atom. The van der Waals surface area contributed by atoms with Crippen molar-refractivity contribution in [2.45, 2.75) is 58.7 Å². The summed E-state index contributed by atoms with van der Waals surface area (Å²) < 4.78 is 93.0. The van der Waals surface area contributed by atoms with E-state index in [0.717, 1.165) is 30.5 Å². The zero-order valence-corrected chi connectivity index (χ0v) is 21.2. The third-order valence-corrected chi connectivity index (χ3v) is 5.90. The van der Waals surface area contributed by atoms with Crippen molar-refractivity contribution in [3.05, 3.63) is 69.8 Å². The molecule has 0 heterocycles. The minimum absolute atomic E-state index is 0.0543. The van der Waals surface area contributed by atoms with Gasteiger partial charge in [-0.3, -0.25) is 9.52 Å². The number of alkyl halides is 3. The molecule has 2 aromatic carbocycles. The van der Waals surface area contributed by atoms with E-state index in [4.69, 9.17) is 0 Å². The van der Waals surface area contributed by atoms with Crippen LogP contribution in [0.5, 0.6) is 0 Å². The van der Waals surface area contributed by atoms with Crippen molar-refractivity contribution in [1.82, 2.24) is 5.32 Å². The van der Waals surface area contributed by atoms with Crippen molar-refractivity contribution in [1.29, 1.82) is 0 Å². The van der Waals surface area contributed by atoms with Crippen molar-refractivity contribution in [3.63, 3.8) is 0 Å². The molecule has 2 rings (SSSR count). The van der Waals surface area contributed by atoms with Gasteiger partial charge in [0.25, 0.3) is 0 Å². The number of halogens is 5. The maximum Gasteiger partial charge on any atom is 0.416 e. The second-order valence-electron chi connectivity index (χ2n) is 8.50. The molecule has 198 valence electrons. The van der Waals surface area contributed by atoms with Gasteiger partial charge in [0.05, 0.1) is 17.9 Å². The first-order chi connectivity index (χ1) is 16.7. The van der Waals surface area contributed by atoms with E-state index < -0.39 is 51.0 Å². The summed E-state index contributed by atoms with van der Waals surface area (Å²) in [6, 6.07) is 3.15. The highest BCUT2D eigenvalue weighted by atomic mass is 32.2. The fourth-order valence-corrected chi connectivity index (χ4v) is 4.30. The number of sulfonamides is 1. The topological polar surface area (TPSA) is 75.3 Å². The van der Waals surface area contributed by atoms with Gasteiger partial charge < -0.3 is 5.32 Å². The lowest BCUT2D eigenvalue weighted by Crippen LogP contribution is -2.25. The maximum absolute atomic E-state index is 14.3. The van der Waals surface area contributed by atoms with Crippen LogP contribution >= 0.6 is 0 Å². The largest absolute Gasteiger partial charge is 0.416 e. The number of hydrogen-bond donors (Lipinski definition) is 2. The number of nitrogens with one attached hydrogen (secondary N) is 2. The van der Waals surface area contributed by atoms with E-state index >= 15 is 0 Å². The first-order valence-corrected chi connectivity index (χ1v) is 13.2.